The Morgan fingerprint density at radius 3 is 2.65 bits per heavy atom. The van der Waals surface area contributed by atoms with Crippen LogP contribution < -0.4 is 5.32 Å². The third kappa shape index (κ3) is 7.30. The van der Waals surface area contributed by atoms with Gasteiger partial charge in [-0.2, -0.15) is 0 Å². The molecular weight excluding hydrogens is 388 g/mol. The number of hydrogen-bond donors (Lipinski definition) is 2. The van der Waals surface area contributed by atoms with E-state index >= 15 is 0 Å². The number of unbranched alkanes of at least 4 members (excludes halogenated alkanes) is 3. The van der Waals surface area contributed by atoms with Gasteiger partial charge in [0.05, 0.1) is 6.42 Å². The van der Waals surface area contributed by atoms with E-state index in [1.807, 2.05) is 6.92 Å². The van der Waals surface area contributed by atoms with Crippen molar-refractivity contribution in [2.45, 2.75) is 96.4 Å². The van der Waals surface area contributed by atoms with Crippen LogP contribution >= 0.6 is 0 Å². The molecule has 6 heteroatoms. The van der Waals surface area contributed by atoms with Crippen molar-refractivity contribution in [3.63, 3.8) is 0 Å². The lowest BCUT2D eigenvalue weighted by molar-refractivity contribution is -0.137. The normalized spacial score (nSPS) is 16.1. The number of anilines is 1. The first kappa shape index (κ1) is 23.2. The molecule has 3 rings (SSSR count). The summed E-state index contributed by atoms with van der Waals surface area (Å²) in [6, 6.07) is 4.42. The minimum Gasteiger partial charge on any atom is -0.481 e. The second-order valence-electron chi connectivity index (χ2n) is 9.48. The number of fused-ring (bicyclic) bond motifs is 1. The fraction of sp³-hybridized carbons (Fsp3) is 0.600. The monoisotopic (exact) mass is 424 g/mol. The molecule has 0 saturated heterocycles. The van der Waals surface area contributed by atoms with Gasteiger partial charge in [0, 0.05) is 23.6 Å². The highest BCUT2D eigenvalue weighted by molar-refractivity contribution is 5.68. The summed E-state index contributed by atoms with van der Waals surface area (Å²) in [6.45, 7) is 6.33. The third-order valence-corrected chi connectivity index (χ3v) is 6.17. The van der Waals surface area contributed by atoms with Crippen LogP contribution in [0.2, 0.25) is 0 Å². The van der Waals surface area contributed by atoms with E-state index in [1.165, 1.54) is 12.0 Å². The molecule has 0 spiro atoms. The van der Waals surface area contributed by atoms with Crippen molar-refractivity contribution >= 4 is 11.8 Å². The maximum absolute atomic E-state index is 11.3. The van der Waals surface area contributed by atoms with Crippen molar-refractivity contribution in [2.24, 2.45) is 0 Å². The number of nitrogens with zero attached hydrogens (tertiary/aromatic N) is 3. The molecule has 2 N–H and O–H groups in total. The van der Waals surface area contributed by atoms with Gasteiger partial charge in [0.25, 0.3) is 0 Å². The highest BCUT2D eigenvalue weighted by Gasteiger charge is 2.23. The summed E-state index contributed by atoms with van der Waals surface area (Å²) in [4.78, 5) is 24.6. The smallest absolute Gasteiger partial charge is 0.303 e. The number of carbonyl (C=O) groups is 1. The number of carboxylic acid groups (broad SMARTS) is 1. The molecule has 0 aromatic carbocycles. The molecule has 31 heavy (non-hydrogen) atoms. The molecule has 0 bridgehead atoms. The molecule has 0 radical (unpaired) electrons. The lowest BCUT2D eigenvalue weighted by Crippen LogP contribution is -2.30. The van der Waals surface area contributed by atoms with Crippen LogP contribution in [0.3, 0.4) is 0 Å². The Hall–Kier alpha value is -2.50. The number of nitrogens with one attached hydrogen (secondary N) is 1. The topological polar surface area (TPSA) is 88.0 Å². The molecule has 6 nitrogen and oxygen atoms in total. The van der Waals surface area contributed by atoms with Gasteiger partial charge in [0.2, 0.25) is 0 Å². The molecule has 2 aromatic heterocycles. The van der Waals surface area contributed by atoms with Gasteiger partial charge in [-0.15, -0.1) is 0 Å². The molecule has 0 saturated carbocycles. The van der Waals surface area contributed by atoms with Gasteiger partial charge >= 0.3 is 5.97 Å². The van der Waals surface area contributed by atoms with Gasteiger partial charge in [-0.25, -0.2) is 15.0 Å². The van der Waals surface area contributed by atoms with Crippen LogP contribution in [0.4, 0.5) is 5.82 Å². The standard InChI is InChI=1S/C25H36N4O2/c1-18-26-16-21(17-27-18)20(15-23(30)31)9-6-4-5-7-11-22-13-12-19-10-8-14-25(2,3)29-24(19)28-22/h12-13,16-17,20H,4-11,14-15H2,1-3H3,(H,28,29)(H,30,31). The van der Waals surface area contributed by atoms with Crippen LogP contribution in [-0.2, 0) is 17.6 Å². The molecular formula is C25H36N4O2. The first-order chi connectivity index (χ1) is 14.8. The molecule has 0 fully saturated rings. The Labute approximate surface area is 185 Å². The van der Waals surface area contributed by atoms with E-state index in [0.29, 0.717) is 5.82 Å². The fourth-order valence-corrected chi connectivity index (χ4v) is 4.34. The zero-order valence-electron chi connectivity index (χ0n) is 19.2. The van der Waals surface area contributed by atoms with Crippen LogP contribution in [0.1, 0.15) is 93.8 Å². The molecule has 168 valence electrons. The van der Waals surface area contributed by atoms with Crippen LogP contribution in [0, 0.1) is 6.92 Å². The molecule has 1 atom stereocenters. The lowest BCUT2D eigenvalue weighted by atomic mass is 9.92. The summed E-state index contributed by atoms with van der Waals surface area (Å²) >= 11 is 0. The van der Waals surface area contributed by atoms with Gasteiger partial charge in [0.1, 0.15) is 11.6 Å². The van der Waals surface area contributed by atoms with E-state index < -0.39 is 5.97 Å². The van der Waals surface area contributed by atoms with E-state index in [1.54, 1.807) is 12.4 Å². The third-order valence-electron chi connectivity index (χ3n) is 6.17. The second kappa shape index (κ2) is 10.7. The SMILES string of the molecule is Cc1ncc(C(CCCCCCc2ccc3c(n2)NC(C)(C)CCC3)CC(=O)O)cn1. The largest absolute Gasteiger partial charge is 0.481 e. The van der Waals surface area contributed by atoms with Crippen molar-refractivity contribution in [3.05, 3.63) is 47.2 Å². The maximum atomic E-state index is 11.3. The lowest BCUT2D eigenvalue weighted by Gasteiger charge is -2.25. The first-order valence-electron chi connectivity index (χ1n) is 11.6. The summed E-state index contributed by atoms with van der Waals surface area (Å²) in [5, 5.41) is 12.9. The Morgan fingerprint density at radius 1 is 1.16 bits per heavy atom. The molecule has 1 aliphatic rings. The number of hydrogen-bond acceptors (Lipinski definition) is 5. The van der Waals surface area contributed by atoms with E-state index in [4.69, 9.17) is 4.98 Å². The van der Waals surface area contributed by atoms with E-state index in [-0.39, 0.29) is 17.9 Å². The fourth-order valence-electron chi connectivity index (χ4n) is 4.34. The van der Waals surface area contributed by atoms with Gasteiger partial charge in [-0.3, -0.25) is 4.79 Å². The second-order valence-corrected chi connectivity index (χ2v) is 9.48. The highest BCUT2D eigenvalue weighted by Crippen LogP contribution is 2.29. The van der Waals surface area contributed by atoms with Crippen molar-refractivity contribution in [1.29, 1.82) is 0 Å². The number of rotatable bonds is 10. The summed E-state index contributed by atoms with van der Waals surface area (Å²) in [5.41, 5.74) is 3.52. The number of aliphatic carboxylic acids is 1. The first-order valence-corrected chi connectivity index (χ1v) is 11.6. The minimum absolute atomic E-state index is 0.0150. The van der Waals surface area contributed by atoms with Gasteiger partial charge in [0.15, 0.2) is 0 Å². The van der Waals surface area contributed by atoms with E-state index in [2.05, 4.69) is 41.3 Å². The zero-order valence-corrected chi connectivity index (χ0v) is 19.2. The van der Waals surface area contributed by atoms with Gasteiger partial charge < -0.3 is 10.4 Å². The molecule has 1 aliphatic heterocycles. The number of aryl methyl sites for hydroxylation is 3. The van der Waals surface area contributed by atoms with Crippen molar-refractivity contribution < 1.29 is 9.90 Å². The van der Waals surface area contributed by atoms with Crippen LogP contribution in [0.5, 0.6) is 0 Å². The Bertz CT molecular complexity index is 864. The summed E-state index contributed by atoms with van der Waals surface area (Å²) in [6.07, 6.45) is 13.3. The van der Waals surface area contributed by atoms with Crippen LogP contribution in [0.15, 0.2) is 24.5 Å². The predicted molar refractivity (Wildman–Crippen MR) is 123 cm³/mol. The summed E-state index contributed by atoms with van der Waals surface area (Å²) in [5.74, 6) is 0.996. The van der Waals surface area contributed by atoms with Crippen LogP contribution in [0.25, 0.3) is 0 Å². The average molecular weight is 425 g/mol. The highest BCUT2D eigenvalue weighted by atomic mass is 16.4. The van der Waals surface area contributed by atoms with Gasteiger partial charge in [-0.1, -0.05) is 25.3 Å². The molecule has 0 amide bonds. The Morgan fingerprint density at radius 2 is 1.90 bits per heavy atom. The van der Waals surface area contributed by atoms with E-state index in [0.717, 1.165) is 68.4 Å². The Kier molecular flexibility index (Phi) is 7.99. The molecule has 0 aliphatic carbocycles. The average Bonchev–Trinajstić information content (AvgIpc) is 2.86. The Balaban J connectivity index is 1.44. The van der Waals surface area contributed by atoms with Crippen molar-refractivity contribution in [1.82, 2.24) is 15.0 Å². The quantitative estimate of drug-likeness (QED) is 0.493. The predicted octanol–water partition coefficient (Wildman–Crippen LogP) is 5.46. The number of carboxylic acids is 1. The molecule has 1 unspecified atom stereocenters. The van der Waals surface area contributed by atoms with Crippen LogP contribution in [-0.4, -0.2) is 31.6 Å². The van der Waals surface area contributed by atoms with Crippen molar-refractivity contribution in [2.75, 3.05) is 5.32 Å². The summed E-state index contributed by atoms with van der Waals surface area (Å²) < 4.78 is 0. The maximum Gasteiger partial charge on any atom is 0.303 e. The van der Waals surface area contributed by atoms with Crippen molar-refractivity contribution in [3.8, 4) is 0 Å². The summed E-state index contributed by atoms with van der Waals surface area (Å²) in [7, 11) is 0. The molecule has 2 aromatic rings. The van der Waals surface area contributed by atoms with Gasteiger partial charge in [-0.05, 0) is 82.4 Å². The number of pyridine rings is 1. The van der Waals surface area contributed by atoms with E-state index in [9.17, 15) is 9.90 Å². The zero-order chi connectivity index (χ0) is 22.3. The number of aromatic nitrogens is 3. The molecule has 3 heterocycles. The minimum atomic E-state index is -0.767.